The number of carboxylic acid groups (broad SMARTS) is 1. The summed E-state index contributed by atoms with van der Waals surface area (Å²) in [6, 6.07) is 9.58. The monoisotopic (exact) mass is 313 g/mol. The second-order valence-electron chi connectivity index (χ2n) is 6.01. The number of furan rings is 1. The van der Waals surface area contributed by atoms with E-state index in [-0.39, 0.29) is 29.9 Å². The van der Waals surface area contributed by atoms with Crippen LogP contribution >= 0.6 is 0 Å². The van der Waals surface area contributed by atoms with Gasteiger partial charge >= 0.3 is 5.97 Å². The van der Waals surface area contributed by atoms with Gasteiger partial charge in [0.25, 0.3) is 0 Å². The summed E-state index contributed by atoms with van der Waals surface area (Å²) in [4.78, 5) is 23.2. The first kappa shape index (κ1) is 15.3. The van der Waals surface area contributed by atoms with Crippen LogP contribution in [0.2, 0.25) is 0 Å². The topological polar surface area (TPSA) is 79.5 Å². The Bertz CT molecular complexity index is 762. The normalized spacial score (nSPS) is 19.4. The van der Waals surface area contributed by atoms with Crippen LogP contribution in [0.25, 0.3) is 0 Å². The second kappa shape index (κ2) is 5.91. The number of aromatic carboxylic acids is 1. The van der Waals surface area contributed by atoms with Gasteiger partial charge in [-0.1, -0.05) is 24.3 Å². The van der Waals surface area contributed by atoms with Crippen molar-refractivity contribution >= 4 is 11.9 Å². The average molecular weight is 313 g/mol. The minimum absolute atomic E-state index is 0.00824. The molecule has 2 atom stereocenters. The lowest BCUT2D eigenvalue weighted by molar-refractivity contribution is -0.122. The minimum atomic E-state index is -1.02. The van der Waals surface area contributed by atoms with Crippen LogP contribution < -0.4 is 5.32 Å². The van der Waals surface area contributed by atoms with Crippen molar-refractivity contribution in [2.45, 2.75) is 32.7 Å². The highest BCUT2D eigenvalue weighted by molar-refractivity contribution is 5.89. The Kier molecular flexibility index (Phi) is 3.94. The number of hydrogen-bond donors (Lipinski definition) is 2. The molecule has 1 aliphatic carbocycles. The van der Waals surface area contributed by atoms with E-state index in [0.717, 1.165) is 6.42 Å². The van der Waals surface area contributed by atoms with E-state index >= 15 is 0 Å². The summed E-state index contributed by atoms with van der Waals surface area (Å²) in [6.07, 6.45) is 0.855. The maximum Gasteiger partial charge on any atom is 0.339 e. The molecule has 5 nitrogen and oxygen atoms in total. The van der Waals surface area contributed by atoms with Crippen molar-refractivity contribution in [3.05, 3.63) is 58.5 Å². The van der Waals surface area contributed by atoms with Gasteiger partial charge in [0.1, 0.15) is 17.1 Å². The second-order valence-corrected chi connectivity index (χ2v) is 6.01. The molecule has 1 amide bonds. The quantitative estimate of drug-likeness (QED) is 0.889. The SMILES string of the molecule is Cc1ccccc1C1CC1C(=O)NCc1cc(C(=O)O)c(C)o1. The fraction of sp³-hybridized carbons (Fsp3) is 0.333. The molecule has 2 unspecified atom stereocenters. The fourth-order valence-corrected chi connectivity index (χ4v) is 2.98. The number of carbonyl (C=O) groups excluding carboxylic acids is 1. The third-order valence-electron chi connectivity index (χ3n) is 4.35. The van der Waals surface area contributed by atoms with Crippen molar-refractivity contribution in [3.8, 4) is 0 Å². The molecule has 0 saturated heterocycles. The Morgan fingerprint density at radius 2 is 2.04 bits per heavy atom. The van der Waals surface area contributed by atoms with E-state index in [1.54, 1.807) is 6.92 Å². The zero-order valence-electron chi connectivity index (χ0n) is 13.1. The van der Waals surface area contributed by atoms with Gasteiger partial charge in [-0.15, -0.1) is 0 Å². The Morgan fingerprint density at radius 1 is 1.30 bits per heavy atom. The van der Waals surface area contributed by atoms with Crippen LogP contribution in [-0.2, 0) is 11.3 Å². The molecule has 5 heteroatoms. The lowest BCUT2D eigenvalue weighted by Crippen LogP contribution is -2.24. The highest BCUT2D eigenvalue weighted by Crippen LogP contribution is 2.48. The first-order valence-electron chi connectivity index (χ1n) is 7.63. The van der Waals surface area contributed by atoms with E-state index in [1.807, 2.05) is 12.1 Å². The number of rotatable bonds is 5. The maximum atomic E-state index is 12.2. The van der Waals surface area contributed by atoms with E-state index in [0.29, 0.717) is 11.5 Å². The molecule has 0 aliphatic heterocycles. The van der Waals surface area contributed by atoms with Gasteiger partial charge in [0.2, 0.25) is 5.91 Å². The first-order chi connectivity index (χ1) is 11.0. The Morgan fingerprint density at radius 3 is 2.70 bits per heavy atom. The van der Waals surface area contributed by atoms with Crippen LogP contribution in [0.3, 0.4) is 0 Å². The largest absolute Gasteiger partial charge is 0.478 e. The van der Waals surface area contributed by atoms with Gasteiger partial charge in [-0.3, -0.25) is 4.79 Å². The molecule has 120 valence electrons. The maximum absolute atomic E-state index is 12.2. The standard InChI is InChI=1S/C18H19NO4/c1-10-5-3-4-6-13(10)15-8-16(15)17(20)19-9-12-7-14(18(21)22)11(2)23-12/h3-7,15-16H,8-9H2,1-2H3,(H,19,20)(H,21,22). The van der Waals surface area contributed by atoms with Crippen molar-refractivity contribution in [1.82, 2.24) is 5.32 Å². The average Bonchev–Trinajstić information content (AvgIpc) is 3.21. The van der Waals surface area contributed by atoms with E-state index in [1.165, 1.54) is 17.2 Å². The first-order valence-corrected chi connectivity index (χ1v) is 7.63. The molecule has 1 aromatic carbocycles. The Hall–Kier alpha value is -2.56. The molecular weight excluding hydrogens is 294 g/mol. The number of carbonyl (C=O) groups is 2. The number of nitrogens with one attached hydrogen (secondary N) is 1. The van der Waals surface area contributed by atoms with Crippen molar-refractivity contribution in [2.75, 3.05) is 0 Å². The van der Waals surface area contributed by atoms with Crippen LogP contribution in [0, 0.1) is 19.8 Å². The highest BCUT2D eigenvalue weighted by atomic mass is 16.4. The molecule has 3 rings (SSSR count). The molecule has 2 aromatic rings. The molecule has 2 N–H and O–H groups in total. The van der Waals surface area contributed by atoms with Crippen LogP contribution in [0.1, 0.15) is 45.3 Å². The molecule has 1 aromatic heterocycles. The van der Waals surface area contributed by atoms with E-state index < -0.39 is 5.97 Å². The molecule has 0 bridgehead atoms. The van der Waals surface area contributed by atoms with Crippen LogP contribution in [0.15, 0.2) is 34.7 Å². The van der Waals surface area contributed by atoms with Crippen molar-refractivity contribution < 1.29 is 19.1 Å². The van der Waals surface area contributed by atoms with Crippen molar-refractivity contribution in [1.29, 1.82) is 0 Å². The van der Waals surface area contributed by atoms with Gasteiger partial charge in [0, 0.05) is 5.92 Å². The van der Waals surface area contributed by atoms with Gasteiger partial charge in [0.15, 0.2) is 0 Å². The van der Waals surface area contributed by atoms with E-state index in [4.69, 9.17) is 9.52 Å². The van der Waals surface area contributed by atoms with Crippen molar-refractivity contribution in [3.63, 3.8) is 0 Å². The number of benzene rings is 1. The molecule has 23 heavy (non-hydrogen) atoms. The summed E-state index contributed by atoms with van der Waals surface area (Å²) >= 11 is 0. The minimum Gasteiger partial charge on any atom is -0.478 e. The summed E-state index contributed by atoms with van der Waals surface area (Å²) in [5.41, 5.74) is 2.58. The zero-order chi connectivity index (χ0) is 16.6. The predicted octanol–water partition coefficient (Wildman–Crippen LogP) is 3.01. The van der Waals surface area contributed by atoms with Gasteiger partial charge in [-0.05, 0) is 43.4 Å². The summed E-state index contributed by atoms with van der Waals surface area (Å²) in [7, 11) is 0. The van der Waals surface area contributed by atoms with Gasteiger partial charge in [-0.25, -0.2) is 4.79 Å². The van der Waals surface area contributed by atoms with Crippen molar-refractivity contribution in [2.24, 2.45) is 5.92 Å². The highest BCUT2D eigenvalue weighted by Gasteiger charge is 2.44. The summed E-state index contributed by atoms with van der Waals surface area (Å²) in [5.74, 6) is 0.0531. The number of hydrogen-bond acceptors (Lipinski definition) is 3. The zero-order valence-corrected chi connectivity index (χ0v) is 13.1. The fourth-order valence-electron chi connectivity index (χ4n) is 2.98. The molecule has 1 aliphatic rings. The van der Waals surface area contributed by atoms with Gasteiger partial charge in [-0.2, -0.15) is 0 Å². The summed E-state index contributed by atoms with van der Waals surface area (Å²) in [6.45, 7) is 3.87. The third kappa shape index (κ3) is 3.13. The van der Waals surface area contributed by atoms with Gasteiger partial charge in [0.05, 0.1) is 6.54 Å². The molecule has 0 spiro atoms. The van der Waals surface area contributed by atoms with E-state index in [9.17, 15) is 9.59 Å². The molecule has 0 radical (unpaired) electrons. The third-order valence-corrected chi connectivity index (χ3v) is 4.35. The lowest BCUT2D eigenvalue weighted by Gasteiger charge is -2.05. The van der Waals surface area contributed by atoms with E-state index in [2.05, 4.69) is 24.4 Å². The van der Waals surface area contributed by atoms with Crippen LogP contribution in [0.4, 0.5) is 0 Å². The number of amides is 1. The molecule has 1 saturated carbocycles. The summed E-state index contributed by atoms with van der Waals surface area (Å²) in [5, 5.41) is 11.8. The van der Waals surface area contributed by atoms with Crippen LogP contribution in [0.5, 0.6) is 0 Å². The Balaban J connectivity index is 1.58. The molecular formula is C18H19NO4. The Labute approximate surface area is 134 Å². The van der Waals surface area contributed by atoms with Crippen LogP contribution in [-0.4, -0.2) is 17.0 Å². The summed E-state index contributed by atoms with van der Waals surface area (Å²) < 4.78 is 5.36. The molecule has 1 heterocycles. The lowest BCUT2D eigenvalue weighted by atomic mass is 10.0. The molecule has 1 fully saturated rings. The smallest absolute Gasteiger partial charge is 0.339 e. The predicted molar refractivity (Wildman–Crippen MR) is 84.3 cm³/mol. The number of carboxylic acids is 1. The van der Waals surface area contributed by atoms with Gasteiger partial charge < -0.3 is 14.8 Å². The number of aryl methyl sites for hydroxylation is 2.